The summed E-state index contributed by atoms with van der Waals surface area (Å²) >= 11 is 0. The number of nitrogens with zero attached hydrogens (tertiary/aromatic N) is 1. The number of benzene rings is 1. The largest absolute Gasteiger partial charge is 0.379 e. The fourth-order valence-electron chi connectivity index (χ4n) is 1.83. The van der Waals surface area contributed by atoms with E-state index in [1.807, 2.05) is 18.5 Å². The number of rotatable bonds is 3. The molecule has 0 saturated heterocycles. The predicted octanol–water partition coefficient (Wildman–Crippen LogP) is 3.62. The minimum atomic E-state index is 0.847. The van der Waals surface area contributed by atoms with Gasteiger partial charge in [0.25, 0.3) is 0 Å². The number of nitrogens with one attached hydrogen (secondary N) is 1. The van der Waals surface area contributed by atoms with Gasteiger partial charge in [-0.2, -0.15) is 0 Å². The number of hydrogen-bond donors (Lipinski definition) is 1. The van der Waals surface area contributed by atoms with Gasteiger partial charge in [0.1, 0.15) is 0 Å². The molecular weight excluding hydrogens is 208 g/mol. The van der Waals surface area contributed by atoms with E-state index in [2.05, 4.69) is 49.3 Å². The van der Waals surface area contributed by atoms with Gasteiger partial charge in [0.2, 0.25) is 0 Å². The summed E-state index contributed by atoms with van der Waals surface area (Å²) in [4.78, 5) is 4.14. The SMILES string of the molecule is Cc1ccc(C)c(CNc2cnccc2C)c1. The first-order valence-corrected chi connectivity index (χ1v) is 5.87. The topological polar surface area (TPSA) is 24.9 Å². The van der Waals surface area contributed by atoms with Gasteiger partial charge in [-0.15, -0.1) is 0 Å². The number of anilines is 1. The number of hydrogen-bond acceptors (Lipinski definition) is 2. The summed E-state index contributed by atoms with van der Waals surface area (Å²) in [5.74, 6) is 0. The quantitative estimate of drug-likeness (QED) is 0.864. The van der Waals surface area contributed by atoms with Crippen molar-refractivity contribution in [3.05, 3.63) is 58.9 Å². The molecule has 0 aliphatic heterocycles. The summed E-state index contributed by atoms with van der Waals surface area (Å²) in [5, 5.41) is 3.43. The van der Waals surface area contributed by atoms with Crippen LogP contribution in [0.3, 0.4) is 0 Å². The molecule has 0 aliphatic rings. The van der Waals surface area contributed by atoms with Crippen molar-refractivity contribution in [1.29, 1.82) is 0 Å². The molecule has 17 heavy (non-hydrogen) atoms. The van der Waals surface area contributed by atoms with Gasteiger partial charge in [-0.25, -0.2) is 0 Å². The van der Waals surface area contributed by atoms with Crippen molar-refractivity contribution in [3.63, 3.8) is 0 Å². The lowest BCUT2D eigenvalue weighted by atomic mass is 10.1. The monoisotopic (exact) mass is 226 g/mol. The third-order valence-corrected chi connectivity index (χ3v) is 3.01. The predicted molar refractivity (Wildman–Crippen MR) is 72.2 cm³/mol. The molecule has 0 amide bonds. The van der Waals surface area contributed by atoms with Crippen molar-refractivity contribution in [2.75, 3.05) is 5.32 Å². The normalized spacial score (nSPS) is 10.3. The van der Waals surface area contributed by atoms with E-state index in [0.717, 1.165) is 12.2 Å². The summed E-state index contributed by atoms with van der Waals surface area (Å²) in [6.07, 6.45) is 3.69. The summed E-state index contributed by atoms with van der Waals surface area (Å²) < 4.78 is 0. The van der Waals surface area contributed by atoms with Gasteiger partial charge in [-0.3, -0.25) is 4.98 Å². The van der Waals surface area contributed by atoms with E-state index in [9.17, 15) is 0 Å². The second-order valence-corrected chi connectivity index (χ2v) is 4.47. The molecule has 0 aliphatic carbocycles. The van der Waals surface area contributed by atoms with E-state index in [-0.39, 0.29) is 0 Å². The zero-order valence-electron chi connectivity index (χ0n) is 10.6. The highest BCUT2D eigenvalue weighted by Crippen LogP contribution is 2.15. The highest BCUT2D eigenvalue weighted by atomic mass is 14.9. The van der Waals surface area contributed by atoms with Crippen LogP contribution < -0.4 is 5.32 Å². The molecule has 1 N–H and O–H groups in total. The highest BCUT2D eigenvalue weighted by molar-refractivity contribution is 5.48. The van der Waals surface area contributed by atoms with Gasteiger partial charge in [-0.1, -0.05) is 23.8 Å². The molecule has 0 saturated carbocycles. The first-order chi connectivity index (χ1) is 8.16. The minimum absolute atomic E-state index is 0.847. The number of pyridine rings is 1. The van der Waals surface area contributed by atoms with Crippen molar-refractivity contribution >= 4 is 5.69 Å². The van der Waals surface area contributed by atoms with Crippen LogP contribution >= 0.6 is 0 Å². The maximum Gasteiger partial charge on any atom is 0.0559 e. The Morgan fingerprint density at radius 3 is 2.65 bits per heavy atom. The Morgan fingerprint density at radius 1 is 1.06 bits per heavy atom. The molecule has 1 aromatic carbocycles. The standard InChI is InChI=1S/C15H18N2/c1-11-4-5-12(2)14(8-11)9-17-15-10-16-7-6-13(15)3/h4-8,10,17H,9H2,1-3H3. The Bertz CT molecular complexity index is 518. The van der Waals surface area contributed by atoms with Gasteiger partial charge >= 0.3 is 0 Å². The molecule has 0 unspecified atom stereocenters. The minimum Gasteiger partial charge on any atom is -0.379 e. The highest BCUT2D eigenvalue weighted by Gasteiger charge is 2.00. The number of aryl methyl sites for hydroxylation is 3. The first kappa shape index (κ1) is 11.6. The van der Waals surface area contributed by atoms with Crippen LogP contribution in [-0.2, 0) is 6.54 Å². The molecule has 2 rings (SSSR count). The average molecular weight is 226 g/mol. The Balaban J connectivity index is 2.12. The molecule has 0 bridgehead atoms. The van der Waals surface area contributed by atoms with Gasteiger partial charge in [0.15, 0.2) is 0 Å². The lowest BCUT2D eigenvalue weighted by molar-refractivity contribution is 1.09. The van der Waals surface area contributed by atoms with Crippen LogP contribution in [0.25, 0.3) is 0 Å². The van der Waals surface area contributed by atoms with E-state index in [0.29, 0.717) is 0 Å². The van der Waals surface area contributed by atoms with Crippen LogP contribution in [0.5, 0.6) is 0 Å². The third-order valence-electron chi connectivity index (χ3n) is 3.01. The van der Waals surface area contributed by atoms with E-state index >= 15 is 0 Å². The molecule has 88 valence electrons. The summed E-state index contributed by atoms with van der Waals surface area (Å²) in [7, 11) is 0. The maximum absolute atomic E-state index is 4.14. The molecule has 1 aromatic heterocycles. The molecule has 1 heterocycles. The third kappa shape index (κ3) is 2.84. The van der Waals surface area contributed by atoms with E-state index in [4.69, 9.17) is 0 Å². The first-order valence-electron chi connectivity index (χ1n) is 5.87. The summed E-state index contributed by atoms with van der Waals surface area (Å²) in [6.45, 7) is 7.21. The average Bonchev–Trinajstić information content (AvgIpc) is 2.32. The van der Waals surface area contributed by atoms with Crippen molar-refractivity contribution in [2.45, 2.75) is 27.3 Å². The van der Waals surface area contributed by atoms with E-state index in [1.54, 1.807) is 0 Å². The molecule has 2 aromatic rings. The number of aromatic nitrogens is 1. The molecule has 2 nitrogen and oxygen atoms in total. The van der Waals surface area contributed by atoms with Crippen molar-refractivity contribution in [1.82, 2.24) is 4.98 Å². The Labute approximate surface area is 103 Å². The lowest BCUT2D eigenvalue weighted by Crippen LogP contribution is -2.03. The zero-order chi connectivity index (χ0) is 12.3. The maximum atomic E-state index is 4.14. The van der Waals surface area contributed by atoms with Crippen molar-refractivity contribution in [2.24, 2.45) is 0 Å². The van der Waals surface area contributed by atoms with Crippen LogP contribution in [0.2, 0.25) is 0 Å². The van der Waals surface area contributed by atoms with Crippen molar-refractivity contribution < 1.29 is 0 Å². The molecule has 0 atom stereocenters. The Kier molecular flexibility index (Phi) is 3.43. The van der Waals surface area contributed by atoms with E-state index in [1.165, 1.54) is 22.3 Å². The molecule has 2 heteroatoms. The van der Waals surface area contributed by atoms with Gasteiger partial charge < -0.3 is 5.32 Å². The summed E-state index contributed by atoms with van der Waals surface area (Å²) in [6, 6.07) is 8.57. The fourth-order valence-corrected chi connectivity index (χ4v) is 1.83. The fraction of sp³-hybridized carbons (Fsp3) is 0.267. The zero-order valence-corrected chi connectivity index (χ0v) is 10.6. The van der Waals surface area contributed by atoms with Crippen LogP contribution in [-0.4, -0.2) is 4.98 Å². The van der Waals surface area contributed by atoms with Gasteiger partial charge in [0.05, 0.1) is 11.9 Å². The van der Waals surface area contributed by atoms with Crippen LogP contribution in [0.15, 0.2) is 36.7 Å². The second kappa shape index (κ2) is 5.00. The molecule has 0 fully saturated rings. The van der Waals surface area contributed by atoms with Gasteiger partial charge in [-0.05, 0) is 43.5 Å². The van der Waals surface area contributed by atoms with Gasteiger partial charge in [0, 0.05) is 12.7 Å². The van der Waals surface area contributed by atoms with Crippen LogP contribution in [0, 0.1) is 20.8 Å². The Morgan fingerprint density at radius 2 is 1.88 bits per heavy atom. The summed E-state index contributed by atoms with van der Waals surface area (Å²) in [5.41, 5.74) is 6.30. The van der Waals surface area contributed by atoms with Crippen molar-refractivity contribution in [3.8, 4) is 0 Å². The van der Waals surface area contributed by atoms with E-state index < -0.39 is 0 Å². The van der Waals surface area contributed by atoms with Crippen LogP contribution in [0.4, 0.5) is 5.69 Å². The molecule has 0 spiro atoms. The Hall–Kier alpha value is -1.83. The molecule has 0 radical (unpaired) electrons. The smallest absolute Gasteiger partial charge is 0.0559 e. The van der Waals surface area contributed by atoms with Crippen LogP contribution in [0.1, 0.15) is 22.3 Å². The molecular formula is C15H18N2. The second-order valence-electron chi connectivity index (χ2n) is 4.47. The lowest BCUT2D eigenvalue weighted by Gasteiger charge is -2.11.